The molecule has 0 fully saturated rings. The molecule has 0 amide bonds. The minimum Gasteiger partial charge on any atom is -0.338 e. The largest absolute Gasteiger partial charge is 0.338 e. The number of rotatable bonds is 2. The van der Waals surface area contributed by atoms with E-state index in [-0.39, 0.29) is 6.54 Å². The number of aromatic nitrogens is 3. The van der Waals surface area contributed by atoms with Gasteiger partial charge in [0.15, 0.2) is 0 Å². The van der Waals surface area contributed by atoms with Crippen LogP contribution in [0.1, 0.15) is 11.5 Å². The fourth-order valence-electron chi connectivity index (χ4n) is 1.17. The molecule has 0 aliphatic carbocycles. The smallest absolute Gasteiger partial charge is 0.240 e. The molecular formula is C9H10N4O. The Hall–Kier alpha value is -1.75. The molecule has 0 saturated heterocycles. The van der Waals surface area contributed by atoms with E-state index in [1.54, 1.807) is 12.4 Å². The number of nitrogens with zero attached hydrogens (tertiary/aromatic N) is 3. The van der Waals surface area contributed by atoms with Crippen molar-refractivity contribution in [2.24, 2.45) is 5.73 Å². The van der Waals surface area contributed by atoms with Crippen LogP contribution in [-0.2, 0) is 6.54 Å². The van der Waals surface area contributed by atoms with Crippen LogP contribution in [-0.4, -0.2) is 15.1 Å². The molecule has 0 bridgehead atoms. The van der Waals surface area contributed by atoms with E-state index in [1.807, 2.05) is 13.0 Å². The Bertz CT molecular complexity index is 438. The van der Waals surface area contributed by atoms with E-state index < -0.39 is 0 Å². The normalized spacial score (nSPS) is 10.4. The summed E-state index contributed by atoms with van der Waals surface area (Å²) in [5, 5.41) is 3.82. The summed E-state index contributed by atoms with van der Waals surface area (Å²) in [4.78, 5) is 8.12. The van der Waals surface area contributed by atoms with E-state index in [0.29, 0.717) is 11.7 Å². The molecule has 2 rings (SSSR count). The van der Waals surface area contributed by atoms with Crippen molar-refractivity contribution in [2.45, 2.75) is 13.5 Å². The van der Waals surface area contributed by atoms with Crippen molar-refractivity contribution in [3.63, 3.8) is 0 Å². The van der Waals surface area contributed by atoms with Crippen molar-refractivity contribution in [1.82, 2.24) is 15.1 Å². The number of pyridine rings is 1. The lowest BCUT2D eigenvalue weighted by Crippen LogP contribution is -1.95. The van der Waals surface area contributed by atoms with Crippen molar-refractivity contribution in [3.8, 4) is 11.4 Å². The van der Waals surface area contributed by atoms with Gasteiger partial charge in [-0.25, -0.2) is 0 Å². The molecule has 2 heterocycles. The number of aryl methyl sites for hydroxylation is 1. The topological polar surface area (TPSA) is 77.8 Å². The Morgan fingerprint density at radius 3 is 3.00 bits per heavy atom. The van der Waals surface area contributed by atoms with Gasteiger partial charge in [0.05, 0.1) is 6.54 Å². The Kier molecular flexibility index (Phi) is 2.24. The van der Waals surface area contributed by atoms with E-state index in [2.05, 4.69) is 15.1 Å². The van der Waals surface area contributed by atoms with E-state index in [0.717, 1.165) is 11.1 Å². The van der Waals surface area contributed by atoms with Gasteiger partial charge in [0.25, 0.3) is 0 Å². The van der Waals surface area contributed by atoms with E-state index in [9.17, 15) is 0 Å². The third-order valence-electron chi connectivity index (χ3n) is 1.90. The van der Waals surface area contributed by atoms with Crippen molar-refractivity contribution in [3.05, 3.63) is 29.9 Å². The molecule has 0 radical (unpaired) electrons. The molecule has 0 saturated carbocycles. The Morgan fingerprint density at radius 1 is 1.50 bits per heavy atom. The van der Waals surface area contributed by atoms with Crippen LogP contribution in [0.25, 0.3) is 11.4 Å². The first-order chi connectivity index (χ1) is 6.81. The third kappa shape index (κ3) is 1.49. The lowest BCUT2D eigenvalue weighted by Gasteiger charge is -1.96. The van der Waals surface area contributed by atoms with Crippen LogP contribution < -0.4 is 5.73 Å². The van der Waals surface area contributed by atoms with Gasteiger partial charge in [-0.2, -0.15) is 4.98 Å². The number of hydrogen-bond donors (Lipinski definition) is 1. The maximum Gasteiger partial charge on any atom is 0.240 e. The Labute approximate surface area is 81.0 Å². The van der Waals surface area contributed by atoms with Crippen LogP contribution in [0.15, 0.2) is 23.0 Å². The van der Waals surface area contributed by atoms with Crippen molar-refractivity contribution >= 4 is 0 Å². The maximum absolute atomic E-state index is 5.37. The second-order valence-corrected chi connectivity index (χ2v) is 2.91. The van der Waals surface area contributed by atoms with Gasteiger partial charge in [-0.3, -0.25) is 4.98 Å². The summed E-state index contributed by atoms with van der Waals surface area (Å²) in [6.45, 7) is 2.21. The summed E-state index contributed by atoms with van der Waals surface area (Å²) in [5.41, 5.74) is 7.30. The first-order valence-electron chi connectivity index (χ1n) is 4.25. The average molecular weight is 190 g/mol. The first-order valence-corrected chi connectivity index (χ1v) is 4.25. The molecule has 0 aromatic carbocycles. The second-order valence-electron chi connectivity index (χ2n) is 2.91. The highest BCUT2D eigenvalue weighted by atomic mass is 16.5. The van der Waals surface area contributed by atoms with E-state index in [1.165, 1.54) is 0 Å². The molecule has 2 N–H and O–H groups in total. The highest BCUT2D eigenvalue weighted by molar-refractivity contribution is 5.57. The standard InChI is InChI=1S/C9H10N4O/c1-6-5-11-3-2-7(6)9-12-8(4-10)14-13-9/h2-3,5H,4,10H2,1H3. The molecular weight excluding hydrogens is 180 g/mol. The van der Waals surface area contributed by atoms with Crippen molar-refractivity contribution in [2.75, 3.05) is 0 Å². The van der Waals surface area contributed by atoms with Gasteiger partial charge < -0.3 is 10.3 Å². The zero-order valence-electron chi connectivity index (χ0n) is 7.77. The van der Waals surface area contributed by atoms with Crippen LogP contribution in [0.4, 0.5) is 0 Å². The highest BCUT2D eigenvalue weighted by Gasteiger charge is 2.08. The van der Waals surface area contributed by atoms with Gasteiger partial charge in [0, 0.05) is 18.0 Å². The predicted octanol–water partition coefficient (Wildman–Crippen LogP) is 0.899. The second kappa shape index (κ2) is 3.55. The van der Waals surface area contributed by atoms with Crippen LogP contribution in [0.5, 0.6) is 0 Å². The quantitative estimate of drug-likeness (QED) is 0.761. The average Bonchev–Trinajstić information content (AvgIpc) is 2.67. The molecule has 0 aliphatic heterocycles. The molecule has 14 heavy (non-hydrogen) atoms. The number of nitrogens with two attached hydrogens (primary N) is 1. The zero-order chi connectivity index (χ0) is 9.97. The summed E-state index contributed by atoms with van der Waals surface area (Å²) in [6.07, 6.45) is 3.45. The molecule has 2 aromatic rings. The van der Waals surface area contributed by atoms with Gasteiger partial charge >= 0.3 is 0 Å². The SMILES string of the molecule is Cc1cnccc1-c1noc(CN)n1. The fourth-order valence-corrected chi connectivity index (χ4v) is 1.17. The van der Waals surface area contributed by atoms with E-state index in [4.69, 9.17) is 10.3 Å². The van der Waals surface area contributed by atoms with Crippen molar-refractivity contribution < 1.29 is 4.52 Å². The van der Waals surface area contributed by atoms with Gasteiger partial charge in [0.1, 0.15) is 0 Å². The summed E-state index contributed by atoms with van der Waals surface area (Å²) >= 11 is 0. The number of hydrogen-bond acceptors (Lipinski definition) is 5. The Balaban J connectivity index is 2.44. The van der Waals surface area contributed by atoms with Crippen LogP contribution in [0.2, 0.25) is 0 Å². The molecule has 0 atom stereocenters. The lowest BCUT2D eigenvalue weighted by atomic mass is 10.1. The van der Waals surface area contributed by atoms with Crippen LogP contribution in [0.3, 0.4) is 0 Å². The minimum atomic E-state index is 0.261. The van der Waals surface area contributed by atoms with Gasteiger partial charge in [0.2, 0.25) is 11.7 Å². The van der Waals surface area contributed by atoms with Gasteiger partial charge in [-0.15, -0.1) is 0 Å². The summed E-state index contributed by atoms with van der Waals surface area (Å²) in [5.74, 6) is 1.00. The molecule has 0 aliphatic rings. The maximum atomic E-state index is 5.37. The molecule has 0 unspecified atom stereocenters. The minimum absolute atomic E-state index is 0.261. The molecule has 2 aromatic heterocycles. The van der Waals surface area contributed by atoms with Gasteiger partial charge in [-0.1, -0.05) is 5.16 Å². The third-order valence-corrected chi connectivity index (χ3v) is 1.90. The monoisotopic (exact) mass is 190 g/mol. The van der Waals surface area contributed by atoms with E-state index >= 15 is 0 Å². The summed E-state index contributed by atoms with van der Waals surface area (Å²) in [6, 6.07) is 1.85. The lowest BCUT2D eigenvalue weighted by molar-refractivity contribution is 0.380. The first kappa shape index (κ1) is 8.83. The van der Waals surface area contributed by atoms with Gasteiger partial charge in [-0.05, 0) is 18.6 Å². The van der Waals surface area contributed by atoms with Crippen LogP contribution in [0, 0.1) is 6.92 Å². The van der Waals surface area contributed by atoms with Crippen molar-refractivity contribution in [1.29, 1.82) is 0 Å². The molecule has 0 spiro atoms. The Morgan fingerprint density at radius 2 is 2.36 bits per heavy atom. The zero-order valence-corrected chi connectivity index (χ0v) is 7.77. The fraction of sp³-hybridized carbons (Fsp3) is 0.222. The summed E-state index contributed by atoms with van der Waals surface area (Å²) < 4.78 is 4.92. The molecule has 5 nitrogen and oxygen atoms in total. The van der Waals surface area contributed by atoms with Crippen LogP contribution >= 0.6 is 0 Å². The molecule has 72 valence electrons. The predicted molar refractivity (Wildman–Crippen MR) is 50.2 cm³/mol. The summed E-state index contributed by atoms with van der Waals surface area (Å²) in [7, 11) is 0. The molecule has 5 heteroatoms. The highest BCUT2D eigenvalue weighted by Crippen LogP contribution is 2.18.